The molecule has 5 nitrogen and oxygen atoms in total. The van der Waals surface area contributed by atoms with Crippen molar-refractivity contribution in [1.82, 2.24) is 15.5 Å². The highest BCUT2D eigenvalue weighted by Gasteiger charge is 2.35. The van der Waals surface area contributed by atoms with Crippen LogP contribution in [0.5, 0.6) is 0 Å². The van der Waals surface area contributed by atoms with Crippen LogP contribution in [-0.4, -0.2) is 56.3 Å². The maximum absolute atomic E-state index is 5.68. The normalized spacial score (nSPS) is 23.4. The molecule has 2 unspecified atom stereocenters. The van der Waals surface area contributed by atoms with E-state index in [-0.39, 0.29) is 29.4 Å². The lowest BCUT2D eigenvalue weighted by atomic mass is 9.74. The van der Waals surface area contributed by atoms with E-state index < -0.39 is 0 Å². The molecule has 0 aliphatic carbocycles. The van der Waals surface area contributed by atoms with E-state index in [2.05, 4.69) is 88.1 Å². The van der Waals surface area contributed by atoms with E-state index in [9.17, 15) is 0 Å². The number of aliphatic imine (C=N–C) groups is 1. The van der Waals surface area contributed by atoms with E-state index in [0.717, 1.165) is 58.1 Å². The molecule has 0 spiro atoms. The number of rotatable bonds is 6. The molecule has 2 saturated heterocycles. The van der Waals surface area contributed by atoms with E-state index in [1.807, 2.05) is 7.05 Å². The fourth-order valence-corrected chi connectivity index (χ4v) is 5.00. The molecule has 2 aromatic carbocycles. The third-order valence-electron chi connectivity index (χ3n) is 6.93. The van der Waals surface area contributed by atoms with Gasteiger partial charge >= 0.3 is 0 Å². The average molecular weight is 549 g/mol. The molecule has 0 radical (unpaired) electrons. The summed E-state index contributed by atoms with van der Waals surface area (Å²) < 4.78 is 5.68. The van der Waals surface area contributed by atoms with E-state index in [4.69, 9.17) is 4.74 Å². The first-order valence-corrected chi connectivity index (χ1v) is 11.6. The van der Waals surface area contributed by atoms with Gasteiger partial charge in [-0.25, -0.2) is 0 Å². The summed E-state index contributed by atoms with van der Waals surface area (Å²) >= 11 is 0. The molecule has 2 atom stereocenters. The highest BCUT2D eigenvalue weighted by Crippen LogP contribution is 2.34. The highest BCUT2D eigenvalue weighted by atomic mass is 127. The summed E-state index contributed by atoms with van der Waals surface area (Å²) in [6.07, 6.45) is 3.20. The first-order valence-electron chi connectivity index (χ1n) is 11.6. The van der Waals surface area contributed by atoms with Crippen molar-refractivity contribution in [2.24, 2.45) is 4.99 Å². The molecule has 2 heterocycles. The summed E-state index contributed by atoms with van der Waals surface area (Å²) in [6, 6.07) is 22.6. The topological polar surface area (TPSA) is 48.9 Å². The molecular weight excluding hydrogens is 511 g/mol. The van der Waals surface area contributed by atoms with Gasteiger partial charge in [-0.3, -0.25) is 9.89 Å². The maximum Gasteiger partial charge on any atom is 0.191 e. The number of benzene rings is 2. The van der Waals surface area contributed by atoms with E-state index in [1.54, 1.807) is 0 Å². The second-order valence-electron chi connectivity index (χ2n) is 9.03. The number of likely N-dealkylation sites (tertiary alicyclic amines) is 1. The summed E-state index contributed by atoms with van der Waals surface area (Å²) in [7, 11) is 1.87. The van der Waals surface area contributed by atoms with Crippen LogP contribution in [0.15, 0.2) is 65.7 Å². The molecule has 4 rings (SSSR count). The van der Waals surface area contributed by atoms with Crippen LogP contribution in [0.25, 0.3) is 0 Å². The molecule has 0 aromatic heterocycles. The lowest BCUT2D eigenvalue weighted by Crippen LogP contribution is -2.50. The Hall–Kier alpha value is -1.64. The number of hydrogen-bond acceptors (Lipinski definition) is 3. The van der Waals surface area contributed by atoms with Crippen molar-refractivity contribution in [3.05, 3.63) is 71.8 Å². The zero-order valence-corrected chi connectivity index (χ0v) is 21.6. The molecule has 32 heavy (non-hydrogen) atoms. The predicted octanol–water partition coefficient (Wildman–Crippen LogP) is 4.18. The van der Waals surface area contributed by atoms with Crippen molar-refractivity contribution in [3.8, 4) is 0 Å². The van der Waals surface area contributed by atoms with Gasteiger partial charge in [-0.15, -0.1) is 24.0 Å². The summed E-state index contributed by atoms with van der Waals surface area (Å²) in [4.78, 5) is 7.10. The minimum absolute atomic E-state index is 0. The minimum atomic E-state index is 0. The SMILES string of the molecule is CN=C(NCC1(c2ccccc2)CCOCC1)NC1CC(C)N(Cc2ccccc2)C1.I. The third kappa shape index (κ3) is 6.23. The Labute approximate surface area is 210 Å². The number of halogens is 1. The average Bonchev–Trinajstić information content (AvgIpc) is 3.17. The largest absolute Gasteiger partial charge is 0.381 e. The van der Waals surface area contributed by atoms with E-state index in [0.29, 0.717) is 12.1 Å². The molecule has 174 valence electrons. The Morgan fingerprint density at radius 1 is 1.06 bits per heavy atom. The summed E-state index contributed by atoms with van der Waals surface area (Å²) in [5.74, 6) is 0.903. The zero-order chi connectivity index (χ0) is 21.5. The van der Waals surface area contributed by atoms with Crippen molar-refractivity contribution in [1.29, 1.82) is 0 Å². The second kappa shape index (κ2) is 12.0. The molecule has 2 N–H and O–H groups in total. The van der Waals surface area contributed by atoms with Crippen molar-refractivity contribution < 1.29 is 4.74 Å². The molecule has 6 heteroatoms. The van der Waals surface area contributed by atoms with Crippen LogP contribution < -0.4 is 10.6 Å². The van der Waals surface area contributed by atoms with Crippen molar-refractivity contribution in [3.63, 3.8) is 0 Å². The van der Waals surface area contributed by atoms with E-state index >= 15 is 0 Å². The molecule has 2 aliphatic heterocycles. The fraction of sp³-hybridized carbons (Fsp3) is 0.500. The van der Waals surface area contributed by atoms with Crippen molar-refractivity contribution in [2.75, 3.05) is 33.4 Å². The molecular formula is C26H37IN4O. The van der Waals surface area contributed by atoms with Crippen LogP contribution in [0.3, 0.4) is 0 Å². The monoisotopic (exact) mass is 548 g/mol. The number of hydrogen-bond donors (Lipinski definition) is 2. The molecule has 2 aliphatic rings. The third-order valence-corrected chi connectivity index (χ3v) is 6.93. The lowest BCUT2D eigenvalue weighted by molar-refractivity contribution is 0.0513. The molecule has 2 aromatic rings. The van der Waals surface area contributed by atoms with Gasteiger partial charge in [0.1, 0.15) is 0 Å². The molecule has 2 fully saturated rings. The van der Waals surface area contributed by atoms with Gasteiger partial charge in [-0.05, 0) is 37.3 Å². The Morgan fingerprint density at radius 3 is 2.38 bits per heavy atom. The number of guanidine groups is 1. The van der Waals surface area contributed by atoms with Gasteiger partial charge in [-0.1, -0.05) is 60.7 Å². The van der Waals surface area contributed by atoms with Gasteiger partial charge in [0.05, 0.1) is 0 Å². The smallest absolute Gasteiger partial charge is 0.191 e. The van der Waals surface area contributed by atoms with Crippen LogP contribution >= 0.6 is 24.0 Å². The lowest BCUT2D eigenvalue weighted by Gasteiger charge is -2.38. The Balaban J connectivity index is 0.00000289. The summed E-state index contributed by atoms with van der Waals surface area (Å²) in [5.41, 5.74) is 2.87. The fourth-order valence-electron chi connectivity index (χ4n) is 5.00. The quantitative estimate of drug-likeness (QED) is 0.323. The first-order chi connectivity index (χ1) is 15.2. The highest BCUT2D eigenvalue weighted by molar-refractivity contribution is 14.0. The van der Waals surface area contributed by atoms with Gasteiger partial charge in [0, 0.05) is 57.4 Å². The minimum Gasteiger partial charge on any atom is -0.381 e. The Bertz CT molecular complexity index is 839. The molecule has 0 saturated carbocycles. The molecule has 0 bridgehead atoms. The zero-order valence-electron chi connectivity index (χ0n) is 19.3. The maximum atomic E-state index is 5.68. The van der Waals surface area contributed by atoms with Crippen LogP contribution in [0.4, 0.5) is 0 Å². The predicted molar refractivity (Wildman–Crippen MR) is 143 cm³/mol. The van der Waals surface area contributed by atoms with Crippen LogP contribution in [0, 0.1) is 0 Å². The number of ether oxygens (including phenoxy) is 1. The second-order valence-corrected chi connectivity index (χ2v) is 9.03. The van der Waals surface area contributed by atoms with Crippen molar-refractivity contribution >= 4 is 29.9 Å². The van der Waals surface area contributed by atoms with E-state index in [1.165, 1.54) is 11.1 Å². The van der Waals surface area contributed by atoms with Gasteiger partial charge in [0.25, 0.3) is 0 Å². The number of nitrogens with zero attached hydrogens (tertiary/aromatic N) is 2. The number of nitrogens with one attached hydrogen (secondary N) is 2. The van der Waals surface area contributed by atoms with Gasteiger partial charge < -0.3 is 15.4 Å². The van der Waals surface area contributed by atoms with Crippen LogP contribution in [-0.2, 0) is 16.7 Å². The Morgan fingerprint density at radius 2 is 1.72 bits per heavy atom. The van der Waals surface area contributed by atoms with Gasteiger partial charge in [0.2, 0.25) is 0 Å². The Kier molecular flexibility index (Phi) is 9.37. The van der Waals surface area contributed by atoms with Crippen molar-refractivity contribution in [2.45, 2.75) is 50.2 Å². The summed E-state index contributed by atoms with van der Waals surface area (Å²) in [5, 5.41) is 7.34. The van der Waals surface area contributed by atoms with Crippen LogP contribution in [0.2, 0.25) is 0 Å². The molecule has 0 amide bonds. The van der Waals surface area contributed by atoms with Gasteiger partial charge in [0.15, 0.2) is 5.96 Å². The van der Waals surface area contributed by atoms with Gasteiger partial charge in [-0.2, -0.15) is 0 Å². The first kappa shape index (κ1) is 25.0. The standard InChI is InChI=1S/C26H36N4O.HI/c1-21-17-24(19-30(21)18-22-9-5-3-6-10-22)29-25(27-2)28-20-26(13-15-31-16-14-26)23-11-7-4-8-12-23;/h3-12,21,24H,13-20H2,1-2H3,(H2,27,28,29);1H. The summed E-state index contributed by atoms with van der Waals surface area (Å²) in [6.45, 7) is 6.87. The van der Waals surface area contributed by atoms with Crippen LogP contribution in [0.1, 0.15) is 37.3 Å².